The Kier molecular flexibility index (Phi) is 6.00. The van der Waals surface area contributed by atoms with Gasteiger partial charge in [-0.25, -0.2) is 9.64 Å². The Hall–Kier alpha value is -2.97. The maximum absolute atomic E-state index is 12.8. The van der Waals surface area contributed by atoms with Crippen LogP contribution in [0.3, 0.4) is 0 Å². The summed E-state index contributed by atoms with van der Waals surface area (Å²) in [6.07, 6.45) is 2.48. The van der Waals surface area contributed by atoms with Crippen molar-refractivity contribution >= 4 is 28.8 Å². The molecule has 2 heterocycles. The second-order valence-corrected chi connectivity index (χ2v) is 6.28. The van der Waals surface area contributed by atoms with Crippen molar-refractivity contribution in [1.29, 1.82) is 0 Å². The van der Waals surface area contributed by atoms with Crippen LogP contribution in [0.15, 0.2) is 22.8 Å². The van der Waals surface area contributed by atoms with Crippen LogP contribution in [0, 0.1) is 0 Å². The van der Waals surface area contributed by atoms with Gasteiger partial charge in [0.2, 0.25) is 5.91 Å². The van der Waals surface area contributed by atoms with Crippen LogP contribution >= 0.6 is 0 Å². The molecule has 3 rings (SSSR count). The van der Waals surface area contributed by atoms with E-state index in [0.29, 0.717) is 55.6 Å². The number of ether oxygens (including phenoxy) is 1. The van der Waals surface area contributed by atoms with E-state index in [4.69, 9.17) is 4.74 Å². The van der Waals surface area contributed by atoms with E-state index in [1.54, 1.807) is 25.1 Å². The van der Waals surface area contributed by atoms with Gasteiger partial charge in [-0.3, -0.25) is 19.4 Å². The van der Waals surface area contributed by atoms with E-state index in [2.05, 4.69) is 14.9 Å². The summed E-state index contributed by atoms with van der Waals surface area (Å²) in [5.74, 6) is -0.619. The molecule has 0 aliphatic carbocycles. The van der Waals surface area contributed by atoms with Crippen molar-refractivity contribution in [3.63, 3.8) is 0 Å². The molecule has 0 bridgehead atoms. The predicted molar refractivity (Wildman–Crippen MR) is 94.3 cm³/mol. The number of rotatable bonds is 7. The molecule has 144 valence electrons. The predicted octanol–water partition coefficient (Wildman–Crippen LogP) is 1.94. The number of hydrogen-bond acceptors (Lipinski definition) is 7. The highest BCUT2D eigenvalue weighted by molar-refractivity contribution is 5.98. The fourth-order valence-electron chi connectivity index (χ4n) is 3.05. The molecule has 0 spiro atoms. The first-order valence-electron chi connectivity index (χ1n) is 9.10. The molecule has 0 atom stereocenters. The smallest absolute Gasteiger partial charge is 0.305 e. The zero-order valence-electron chi connectivity index (χ0n) is 15.2. The first-order chi connectivity index (χ1) is 13.1. The van der Waals surface area contributed by atoms with Gasteiger partial charge in [-0.05, 0) is 54.7 Å². The maximum atomic E-state index is 12.8. The van der Waals surface area contributed by atoms with E-state index in [9.17, 15) is 14.4 Å². The molecule has 27 heavy (non-hydrogen) atoms. The van der Waals surface area contributed by atoms with Crippen LogP contribution in [0.1, 0.15) is 49.4 Å². The summed E-state index contributed by atoms with van der Waals surface area (Å²) in [4.78, 5) is 36.7. The van der Waals surface area contributed by atoms with Gasteiger partial charge in [-0.1, -0.05) is 0 Å². The number of hydrogen-bond donors (Lipinski definition) is 0. The Morgan fingerprint density at radius 3 is 2.63 bits per heavy atom. The minimum atomic E-state index is -0.253. The molecule has 9 heteroatoms. The molecule has 1 aliphatic rings. The maximum Gasteiger partial charge on any atom is 0.305 e. The van der Waals surface area contributed by atoms with E-state index >= 15 is 0 Å². The fraction of sp³-hybridized carbons (Fsp3) is 0.500. The number of carbonyl (C=O) groups excluding carboxylic acids is 3. The van der Waals surface area contributed by atoms with E-state index in [0.717, 1.165) is 6.42 Å². The van der Waals surface area contributed by atoms with Crippen LogP contribution in [0.25, 0.3) is 11.0 Å². The normalized spacial score (nSPS) is 14.0. The Bertz CT molecular complexity index is 834. The summed E-state index contributed by atoms with van der Waals surface area (Å²) in [7, 11) is 0. The first-order valence-corrected chi connectivity index (χ1v) is 9.10. The van der Waals surface area contributed by atoms with Crippen molar-refractivity contribution in [3.8, 4) is 0 Å². The molecule has 0 unspecified atom stereocenters. The lowest BCUT2D eigenvalue weighted by Gasteiger charge is -2.28. The SMILES string of the molecule is CCOC(=O)CCCCC(=O)N1CCCN1C(=O)c1ccc2nonc2c1. The Balaban J connectivity index is 1.56. The fourth-order valence-corrected chi connectivity index (χ4v) is 3.05. The molecule has 2 aromatic rings. The third-order valence-electron chi connectivity index (χ3n) is 4.38. The van der Waals surface area contributed by atoms with Gasteiger partial charge in [0.05, 0.1) is 6.61 Å². The second-order valence-electron chi connectivity index (χ2n) is 6.28. The third kappa shape index (κ3) is 4.42. The van der Waals surface area contributed by atoms with Gasteiger partial charge >= 0.3 is 5.97 Å². The van der Waals surface area contributed by atoms with Crippen LogP contribution in [0.2, 0.25) is 0 Å². The molecule has 2 amide bonds. The number of fused-ring (bicyclic) bond motifs is 1. The Morgan fingerprint density at radius 1 is 1.07 bits per heavy atom. The molecule has 1 fully saturated rings. The molecule has 0 radical (unpaired) electrons. The summed E-state index contributed by atoms with van der Waals surface area (Å²) in [5, 5.41) is 10.4. The highest BCUT2D eigenvalue weighted by Gasteiger charge is 2.31. The Morgan fingerprint density at radius 2 is 1.81 bits per heavy atom. The number of esters is 1. The average Bonchev–Trinajstić information content (AvgIpc) is 3.33. The van der Waals surface area contributed by atoms with E-state index < -0.39 is 0 Å². The first kappa shape index (κ1) is 18.8. The number of unbranched alkanes of at least 4 members (excludes halogenated alkanes) is 1. The highest BCUT2D eigenvalue weighted by Crippen LogP contribution is 2.19. The molecule has 1 aliphatic heterocycles. The zero-order valence-corrected chi connectivity index (χ0v) is 15.2. The van der Waals surface area contributed by atoms with E-state index in [1.165, 1.54) is 10.0 Å². The molecular weight excluding hydrogens is 352 g/mol. The third-order valence-corrected chi connectivity index (χ3v) is 4.38. The minimum Gasteiger partial charge on any atom is -0.466 e. The van der Waals surface area contributed by atoms with Gasteiger partial charge in [-0.2, -0.15) is 0 Å². The quantitative estimate of drug-likeness (QED) is 0.538. The monoisotopic (exact) mass is 374 g/mol. The number of benzene rings is 1. The van der Waals surface area contributed by atoms with Crippen molar-refractivity contribution in [2.24, 2.45) is 0 Å². The van der Waals surface area contributed by atoms with E-state index in [-0.39, 0.29) is 24.2 Å². The molecular formula is C18H22N4O5. The molecule has 0 N–H and O–H groups in total. The van der Waals surface area contributed by atoms with Gasteiger partial charge in [-0.15, -0.1) is 0 Å². The van der Waals surface area contributed by atoms with Crippen molar-refractivity contribution in [2.75, 3.05) is 19.7 Å². The van der Waals surface area contributed by atoms with Gasteiger partial charge in [0.25, 0.3) is 5.91 Å². The average molecular weight is 374 g/mol. The topological polar surface area (TPSA) is 106 Å². The summed E-state index contributed by atoms with van der Waals surface area (Å²) in [6.45, 7) is 3.12. The lowest BCUT2D eigenvalue weighted by molar-refractivity contribution is -0.144. The van der Waals surface area contributed by atoms with Crippen LogP contribution in [-0.4, -0.2) is 57.8 Å². The number of amides is 2. The lowest BCUT2D eigenvalue weighted by Crippen LogP contribution is -2.44. The second kappa shape index (κ2) is 8.61. The summed E-state index contributed by atoms with van der Waals surface area (Å²) in [6, 6.07) is 4.92. The van der Waals surface area contributed by atoms with Gasteiger partial charge in [0.15, 0.2) is 0 Å². The largest absolute Gasteiger partial charge is 0.466 e. The number of hydrazine groups is 1. The van der Waals surface area contributed by atoms with Crippen molar-refractivity contribution in [2.45, 2.75) is 39.0 Å². The van der Waals surface area contributed by atoms with Gasteiger partial charge in [0.1, 0.15) is 11.0 Å². The number of nitrogens with zero attached hydrogens (tertiary/aromatic N) is 4. The molecule has 1 aromatic heterocycles. The van der Waals surface area contributed by atoms with Gasteiger partial charge in [0, 0.05) is 31.5 Å². The van der Waals surface area contributed by atoms with Crippen LogP contribution < -0.4 is 0 Å². The van der Waals surface area contributed by atoms with Crippen molar-refractivity contribution in [1.82, 2.24) is 20.3 Å². The van der Waals surface area contributed by atoms with Crippen LogP contribution in [0.5, 0.6) is 0 Å². The van der Waals surface area contributed by atoms with Crippen LogP contribution in [-0.2, 0) is 14.3 Å². The summed E-state index contributed by atoms with van der Waals surface area (Å²) < 4.78 is 9.52. The summed E-state index contributed by atoms with van der Waals surface area (Å²) in [5.41, 5.74) is 1.50. The Labute approximate surface area is 156 Å². The van der Waals surface area contributed by atoms with Crippen LogP contribution in [0.4, 0.5) is 0 Å². The lowest BCUT2D eigenvalue weighted by atomic mass is 10.2. The number of aromatic nitrogens is 2. The molecule has 0 saturated carbocycles. The highest BCUT2D eigenvalue weighted by atomic mass is 16.6. The zero-order chi connectivity index (χ0) is 19.2. The number of carbonyl (C=O) groups is 3. The van der Waals surface area contributed by atoms with E-state index in [1.807, 2.05) is 0 Å². The minimum absolute atomic E-state index is 0.117. The standard InChI is InChI=1S/C18H22N4O5/c1-2-26-17(24)7-4-3-6-16(23)21-10-5-11-22(21)18(25)13-8-9-14-15(12-13)20-27-19-14/h8-9,12H,2-7,10-11H2,1H3. The molecule has 1 aromatic carbocycles. The van der Waals surface area contributed by atoms with Gasteiger partial charge < -0.3 is 4.74 Å². The molecule has 9 nitrogen and oxygen atoms in total. The van der Waals surface area contributed by atoms with Crippen molar-refractivity contribution in [3.05, 3.63) is 23.8 Å². The van der Waals surface area contributed by atoms with Crippen molar-refractivity contribution < 1.29 is 23.7 Å². The molecule has 1 saturated heterocycles. The summed E-state index contributed by atoms with van der Waals surface area (Å²) >= 11 is 0.